The number of hydrogen-bond acceptors (Lipinski definition) is 29. The van der Waals surface area contributed by atoms with Gasteiger partial charge in [0.15, 0.2) is 0 Å². The molecule has 2 amide bonds. The molecule has 2 aromatic rings. The van der Waals surface area contributed by atoms with Gasteiger partial charge in [-0.25, -0.2) is 13.4 Å². The third-order valence-corrected chi connectivity index (χ3v) is 22.5. The van der Waals surface area contributed by atoms with Gasteiger partial charge in [-0.3, -0.25) is 23.7 Å². The van der Waals surface area contributed by atoms with Crippen molar-refractivity contribution >= 4 is 37.2 Å². The van der Waals surface area contributed by atoms with E-state index in [1.54, 1.807) is 14.0 Å². The molecule has 12 saturated heterocycles. The number of aliphatic hydroxyl groups is 2. The molecule has 16 rings (SSSR count). The van der Waals surface area contributed by atoms with Crippen molar-refractivity contribution in [1.29, 1.82) is 5.26 Å². The summed E-state index contributed by atoms with van der Waals surface area (Å²) in [6, 6.07) is 2.24. The number of sulfonamides is 1. The summed E-state index contributed by atoms with van der Waals surface area (Å²) in [4.78, 5) is 42.9. The lowest BCUT2D eigenvalue weighted by molar-refractivity contribution is -0.129. The summed E-state index contributed by atoms with van der Waals surface area (Å²) in [7, 11) is -0.637. The number of methoxy groups -OCH3 is 1. The summed E-state index contributed by atoms with van der Waals surface area (Å²) >= 11 is 0. The van der Waals surface area contributed by atoms with Crippen LogP contribution in [0.25, 0.3) is 0 Å². The number of likely N-dealkylation sites (N-methyl/N-ethyl adjacent to an activating group) is 1. The standard InChI is InChI=1S/C7H9N3O.C6H9N3.C6H12N2O.C6H10N2.2C6H13NO.C5H12N2O2S.C5H12N2.C5H11NOS.C5H11NO.C5H11N.C4H8N2O.C4H10N2.C4H9NO/c11-7-5-3-8-2-1-6(5)9-4-10-7;1-2-7-3-5-4-8-9-6(1)5;1-6(9)8-4-2-7-3-5-8;7-4-6-2-1-3-8-5-6;1-8-6-2-4-7-5-3-6;8-5-6-1-3-7-4-2-6;1-10(8,9)7-4-2-6-3-5-7;1-7-4-2-6-3-5-7;1-8(7)4-2-6-3-5-8;7-5-1-3-6-4-2-5;1-2-4-6-5-3-1;7-4-3-5-1-2-6-4;1-2-6-4-3-5-1;1-3-6-4-2-5-1/h4,8H,1-3H2,(H,9,10,11);4,7H,1-3H2,(H,8,9);7H,2-5H2,1H3;6,8H,1-3,5H2;6-7H,2-5H2,1H3;6-8H,1-5H2;6H,2-5H2,1H3;6H,2-5H2,1H3;6H,1-5H2;5-7H,1-4H2;6H,1-5H2;5H,1-3H2,(H,6,7);5-6H,1-4H2;5H,1-4H2. The Morgan fingerprint density at radius 1 is 0.618 bits per heavy atom. The highest BCUT2D eigenvalue weighted by molar-refractivity contribution is 8.00. The molecule has 34 nitrogen and oxygen atoms in total. The van der Waals surface area contributed by atoms with Crippen LogP contribution in [-0.2, 0) is 64.5 Å². The Hall–Kier alpha value is -4.35. The topological polar surface area (TPSA) is 445 Å². The summed E-state index contributed by atoms with van der Waals surface area (Å²) in [5.74, 6) is 6.29. The second-order valence-electron chi connectivity index (χ2n) is 28.6. The van der Waals surface area contributed by atoms with Gasteiger partial charge in [0.2, 0.25) is 21.8 Å². The number of piperidine rings is 5. The molecule has 0 saturated carbocycles. The van der Waals surface area contributed by atoms with Gasteiger partial charge in [-0.2, -0.15) is 14.7 Å². The van der Waals surface area contributed by atoms with Crippen LogP contribution in [0.1, 0.15) is 100 Å². The highest BCUT2D eigenvalue weighted by atomic mass is 32.2. The number of piperazine rings is 5. The molecule has 1 unspecified atom stereocenters. The van der Waals surface area contributed by atoms with E-state index in [0.717, 1.165) is 277 Å². The lowest BCUT2D eigenvalue weighted by Gasteiger charge is -2.25. The molecule has 1 atom stereocenters. The largest absolute Gasteiger partial charge is 0.396 e. The van der Waals surface area contributed by atoms with Crippen LogP contribution in [0.5, 0.6) is 0 Å². The van der Waals surface area contributed by atoms with Gasteiger partial charge < -0.3 is 120 Å². The van der Waals surface area contributed by atoms with E-state index in [1.165, 1.54) is 86.4 Å². The van der Waals surface area contributed by atoms with Crippen LogP contribution < -0.4 is 90.6 Å². The van der Waals surface area contributed by atoms with Gasteiger partial charge in [-0.15, -0.1) is 0 Å². The zero-order chi connectivity index (χ0) is 79.7. The number of rotatable bonds is 3. The maximum atomic E-state index is 11.1. The van der Waals surface area contributed by atoms with E-state index in [-0.39, 0.29) is 29.4 Å². The van der Waals surface area contributed by atoms with Crippen LogP contribution in [0.2, 0.25) is 0 Å². The van der Waals surface area contributed by atoms with Crippen molar-refractivity contribution in [2.75, 3.05) is 281 Å². The molecule has 0 aromatic carbocycles. The van der Waals surface area contributed by atoms with E-state index >= 15 is 0 Å². The number of nitriles is 1. The first-order chi connectivity index (χ1) is 53.4. The summed E-state index contributed by atoms with van der Waals surface area (Å²) in [6.07, 6.45) is 20.0. The van der Waals surface area contributed by atoms with E-state index in [2.05, 4.69) is 129 Å². The van der Waals surface area contributed by atoms with Crippen LogP contribution in [0.4, 0.5) is 0 Å². The fourth-order valence-electron chi connectivity index (χ4n) is 12.2. The molecule has 16 heterocycles. The molecule has 2 aromatic heterocycles. The number of carbonyl (C=O) groups excluding carboxylic acids is 2. The summed E-state index contributed by atoms with van der Waals surface area (Å²) < 4.78 is 44.5. The molecule has 0 bridgehead atoms. The van der Waals surface area contributed by atoms with Crippen LogP contribution in [0.3, 0.4) is 0 Å². The quantitative estimate of drug-likeness (QED) is 0.129. The minimum atomic E-state index is -2.93. The number of hydrogen-bond donors (Lipinski definition) is 20. The Kier molecular flexibility index (Phi) is 60.7. The fourth-order valence-corrected chi connectivity index (χ4v) is 14.3. The Morgan fingerprint density at radius 2 is 1.13 bits per heavy atom. The molecule has 14 aliphatic heterocycles. The first-order valence-corrected chi connectivity index (χ1v) is 44.8. The number of nitrogens with zero attached hydrogens (tertiary/aromatic N) is 6. The molecule has 0 radical (unpaired) electrons. The minimum absolute atomic E-state index is 0.0119. The Labute approximate surface area is 660 Å². The monoisotopic (exact) mass is 1600 g/mol. The minimum Gasteiger partial charge on any atom is -0.396 e. The molecule has 638 valence electrons. The van der Waals surface area contributed by atoms with E-state index < -0.39 is 19.5 Å². The molecule has 20 N–H and O–H groups in total. The summed E-state index contributed by atoms with van der Waals surface area (Å²) in [5, 5.41) is 83.2. The Bertz CT molecular complexity index is 2710. The van der Waals surface area contributed by atoms with Gasteiger partial charge in [0, 0.05) is 233 Å². The lowest BCUT2D eigenvalue weighted by Crippen LogP contribution is -2.45. The van der Waals surface area contributed by atoms with Crippen LogP contribution in [0.15, 0.2) is 17.3 Å². The number of aromatic nitrogens is 4. The maximum absolute atomic E-state index is 11.1. The first kappa shape index (κ1) is 99.8. The van der Waals surface area contributed by atoms with Crippen molar-refractivity contribution in [3.63, 3.8) is 0 Å². The number of morpholine rings is 1. The zero-order valence-electron chi connectivity index (χ0n) is 67.7. The number of ether oxygens (including phenoxy) is 2. The number of aliphatic hydroxyl groups excluding tert-OH is 2. The Morgan fingerprint density at radius 3 is 1.48 bits per heavy atom. The molecular weight excluding hydrogens is 1450 g/mol. The van der Waals surface area contributed by atoms with Gasteiger partial charge in [0.05, 0.1) is 74.0 Å². The number of amides is 2. The highest BCUT2D eigenvalue weighted by Crippen LogP contribution is 2.11. The Balaban J connectivity index is 0.000000308. The molecule has 110 heavy (non-hydrogen) atoms. The first-order valence-electron chi connectivity index (χ1n) is 40.9. The van der Waals surface area contributed by atoms with Crippen LogP contribution >= 0.6 is 0 Å². The normalized spacial score (nSPS) is 22.8. The van der Waals surface area contributed by atoms with Gasteiger partial charge in [-0.05, 0) is 151 Å². The van der Waals surface area contributed by atoms with Gasteiger partial charge in [0.25, 0.3) is 5.56 Å². The van der Waals surface area contributed by atoms with Crippen molar-refractivity contribution in [3.05, 3.63) is 45.4 Å². The number of carbonyl (C=O) groups is 2. The molecule has 12 fully saturated rings. The average Bonchev–Trinajstić information content (AvgIpc) is 0.977. The SMILES string of the molecule is C1CCNCC1.C1CNCCN1.C1COCCN1.C=S1(=O)CCNCC1.CC(=O)N1CCNCC1.CN1CCNCC1.COC1CCNCC1.CS(=O)(=O)N1CCNCC1.N#CC1CCCNC1.O=C1CNCCN1.O=c1[nH]cnc2c1CNCC2.OC1CCNCC1.OCC1CCNCC1.c1n[nH]c2c1CNCC2. The predicted molar refractivity (Wildman–Crippen MR) is 444 cm³/mol. The van der Waals surface area contributed by atoms with Crippen molar-refractivity contribution in [3.8, 4) is 6.07 Å². The smallest absolute Gasteiger partial charge is 0.255 e. The average molecular weight is 1600 g/mol. The van der Waals surface area contributed by atoms with E-state index in [1.807, 2.05) is 11.1 Å². The van der Waals surface area contributed by atoms with Crippen molar-refractivity contribution in [1.82, 2.24) is 119 Å². The van der Waals surface area contributed by atoms with Crippen LogP contribution in [0, 0.1) is 23.2 Å². The van der Waals surface area contributed by atoms with E-state index in [0.29, 0.717) is 44.8 Å². The highest BCUT2D eigenvalue weighted by Gasteiger charge is 2.19. The number of aromatic amines is 2. The molecule has 0 aliphatic carbocycles. The lowest BCUT2D eigenvalue weighted by atomic mass is 10.00. The third-order valence-electron chi connectivity index (χ3n) is 19.3. The molecule has 0 spiro atoms. The van der Waals surface area contributed by atoms with Crippen molar-refractivity contribution < 1.29 is 41.9 Å². The van der Waals surface area contributed by atoms with Crippen LogP contribution in [-0.4, -0.2) is 368 Å². The fraction of sp³-hybridized carbons (Fsp3) is 0.851. The molecule has 36 heteroatoms. The summed E-state index contributed by atoms with van der Waals surface area (Å²) in [5.41, 5.74) is 4.34. The number of fused-ring (bicyclic) bond motifs is 2. The molecular formula is C74H150N24O10S2. The summed E-state index contributed by atoms with van der Waals surface area (Å²) in [6.45, 7) is 40.0. The number of H-pyrrole nitrogens is 2. The van der Waals surface area contributed by atoms with Crippen molar-refractivity contribution in [2.45, 2.75) is 116 Å². The zero-order valence-corrected chi connectivity index (χ0v) is 69.4. The second-order valence-corrected chi connectivity index (χ2v) is 33.4. The third kappa shape index (κ3) is 54.4. The predicted octanol–water partition coefficient (Wildman–Crippen LogP) is -4.56. The van der Waals surface area contributed by atoms with Gasteiger partial charge in [-0.1, -0.05) is 6.42 Å². The number of nitrogens with one attached hydrogen (secondary N) is 18. The van der Waals surface area contributed by atoms with E-state index in [9.17, 15) is 27.0 Å². The van der Waals surface area contributed by atoms with Gasteiger partial charge in [0.1, 0.15) is 0 Å². The van der Waals surface area contributed by atoms with E-state index in [4.69, 9.17) is 24.9 Å². The second kappa shape index (κ2) is 66.9. The maximum Gasteiger partial charge on any atom is 0.255 e. The van der Waals surface area contributed by atoms with Crippen molar-refractivity contribution in [2.24, 2.45) is 11.8 Å². The van der Waals surface area contributed by atoms with Gasteiger partial charge >= 0.3 is 0 Å². The molecule has 14 aliphatic rings.